The van der Waals surface area contributed by atoms with Gasteiger partial charge in [0.15, 0.2) is 0 Å². The highest BCUT2D eigenvalue weighted by Gasteiger charge is 2.37. The van der Waals surface area contributed by atoms with Gasteiger partial charge < -0.3 is 15.7 Å². The molecule has 9 heteroatoms. The molecule has 31 heavy (non-hydrogen) atoms. The van der Waals surface area contributed by atoms with Gasteiger partial charge in [-0.1, -0.05) is 12.1 Å². The van der Waals surface area contributed by atoms with Crippen LogP contribution < -0.4 is 10.6 Å². The zero-order valence-corrected chi connectivity index (χ0v) is 18.0. The van der Waals surface area contributed by atoms with Crippen LogP contribution in [0.4, 0.5) is 19.0 Å². The Morgan fingerprint density at radius 2 is 1.94 bits per heavy atom. The minimum Gasteiger partial charge on any atom is -0.481 e. The number of carboxylic acid groups (broad SMARTS) is 1. The van der Waals surface area contributed by atoms with Gasteiger partial charge in [0.2, 0.25) is 0 Å². The molecule has 3 N–H and O–H groups in total. The lowest BCUT2D eigenvalue weighted by atomic mass is 9.97. The number of hydrogen-bond acceptors (Lipinski definition) is 5. The zero-order chi connectivity index (χ0) is 23.0. The van der Waals surface area contributed by atoms with Crippen LogP contribution in [0.1, 0.15) is 66.5 Å². The number of hydrogen-bond donors (Lipinski definition) is 3. The highest BCUT2D eigenvalue weighted by atomic mass is 19.4. The molecule has 1 heterocycles. The Morgan fingerprint density at radius 1 is 1.26 bits per heavy atom. The number of anilines is 1. The van der Waals surface area contributed by atoms with E-state index in [0.717, 1.165) is 18.9 Å². The summed E-state index contributed by atoms with van der Waals surface area (Å²) in [5.74, 6) is -0.178. The summed E-state index contributed by atoms with van der Waals surface area (Å²) in [6.07, 6.45) is -2.65. The van der Waals surface area contributed by atoms with E-state index >= 15 is 0 Å². The van der Waals surface area contributed by atoms with Crippen LogP contribution in [0.15, 0.2) is 18.2 Å². The van der Waals surface area contributed by atoms with Gasteiger partial charge in [0, 0.05) is 17.6 Å². The van der Waals surface area contributed by atoms with Gasteiger partial charge in [-0.15, -0.1) is 0 Å². The average molecular weight is 436 g/mol. The number of nitrogens with one attached hydrogen (secondary N) is 2. The normalized spacial score (nSPS) is 16.1. The van der Waals surface area contributed by atoms with E-state index in [-0.39, 0.29) is 17.5 Å². The van der Waals surface area contributed by atoms with Crippen LogP contribution in [0.3, 0.4) is 0 Å². The third kappa shape index (κ3) is 5.52. The predicted molar refractivity (Wildman–Crippen MR) is 111 cm³/mol. The molecule has 0 spiro atoms. The molecule has 1 unspecified atom stereocenters. The molecule has 3 rings (SSSR count). The first-order valence-electron chi connectivity index (χ1n) is 10.2. The molecule has 1 aliphatic rings. The lowest BCUT2D eigenvalue weighted by Gasteiger charge is -2.23. The number of halogens is 3. The molecular weight excluding hydrogens is 409 g/mol. The minimum absolute atomic E-state index is 0.00585. The van der Waals surface area contributed by atoms with Gasteiger partial charge in [0.1, 0.15) is 11.6 Å². The van der Waals surface area contributed by atoms with Crippen molar-refractivity contribution < 1.29 is 23.1 Å². The number of carboxylic acids is 1. The van der Waals surface area contributed by atoms with Crippen molar-refractivity contribution in [1.29, 1.82) is 0 Å². The third-order valence-electron chi connectivity index (χ3n) is 5.72. The zero-order valence-electron chi connectivity index (χ0n) is 18.0. The first-order chi connectivity index (χ1) is 14.4. The molecule has 1 atom stereocenters. The van der Waals surface area contributed by atoms with Gasteiger partial charge in [-0.3, -0.25) is 4.79 Å². The van der Waals surface area contributed by atoms with E-state index < -0.39 is 23.8 Å². The van der Waals surface area contributed by atoms with Gasteiger partial charge in [-0.25, -0.2) is 9.97 Å². The van der Waals surface area contributed by atoms with Crippen LogP contribution in [0, 0.1) is 13.8 Å². The molecule has 0 radical (unpaired) electrons. The predicted octanol–water partition coefficient (Wildman–Crippen LogP) is 4.55. The maximum Gasteiger partial charge on any atom is 0.416 e. The number of aliphatic carboxylic acids is 1. The Hall–Kier alpha value is -2.68. The van der Waals surface area contributed by atoms with Gasteiger partial charge >= 0.3 is 12.1 Å². The largest absolute Gasteiger partial charge is 0.481 e. The highest BCUT2D eigenvalue weighted by Crippen LogP contribution is 2.37. The van der Waals surface area contributed by atoms with Gasteiger partial charge in [0.05, 0.1) is 23.7 Å². The van der Waals surface area contributed by atoms with Crippen molar-refractivity contribution in [3.63, 3.8) is 0 Å². The smallest absolute Gasteiger partial charge is 0.416 e. The monoisotopic (exact) mass is 436 g/mol. The van der Waals surface area contributed by atoms with Crippen molar-refractivity contribution >= 4 is 11.8 Å². The highest BCUT2D eigenvalue weighted by molar-refractivity contribution is 5.71. The summed E-state index contributed by atoms with van der Waals surface area (Å²) in [6, 6.07) is 3.62. The number of aromatic nitrogens is 2. The van der Waals surface area contributed by atoms with Crippen molar-refractivity contribution in [2.45, 2.75) is 71.3 Å². The maximum absolute atomic E-state index is 13.3. The van der Waals surface area contributed by atoms with E-state index in [1.54, 1.807) is 19.9 Å². The minimum atomic E-state index is -4.44. The number of alkyl halides is 3. The summed E-state index contributed by atoms with van der Waals surface area (Å²) in [7, 11) is 0. The molecule has 0 bridgehead atoms. The van der Waals surface area contributed by atoms with Crippen molar-refractivity contribution in [3.05, 3.63) is 52.0 Å². The number of carbonyl (C=O) groups is 1. The molecule has 2 aromatic rings. The van der Waals surface area contributed by atoms with E-state index in [2.05, 4.69) is 27.5 Å². The summed E-state index contributed by atoms with van der Waals surface area (Å²) >= 11 is 0. The van der Waals surface area contributed by atoms with Gasteiger partial charge in [0.25, 0.3) is 0 Å². The van der Waals surface area contributed by atoms with Gasteiger partial charge in [-0.2, -0.15) is 13.2 Å². The van der Waals surface area contributed by atoms with E-state index in [1.807, 2.05) is 0 Å². The molecular formula is C22H27F3N4O2. The second-order valence-corrected chi connectivity index (χ2v) is 8.41. The molecule has 168 valence electrons. The van der Waals surface area contributed by atoms with E-state index in [1.165, 1.54) is 13.0 Å². The van der Waals surface area contributed by atoms with Crippen LogP contribution in [0.5, 0.6) is 0 Å². The van der Waals surface area contributed by atoms with Crippen LogP contribution in [-0.2, 0) is 23.9 Å². The van der Waals surface area contributed by atoms with Crippen LogP contribution in [0.2, 0.25) is 0 Å². The fourth-order valence-corrected chi connectivity index (χ4v) is 3.63. The Bertz CT molecular complexity index is 987. The second kappa shape index (κ2) is 8.45. The fraction of sp³-hybridized carbons (Fsp3) is 0.500. The van der Waals surface area contributed by atoms with Crippen molar-refractivity contribution in [3.8, 4) is 0 Å². The Balaban J connectivity index is 1.96. The quantitative estimate of drug-likeness (QED) is 0.563. The number of benzene rings is 1. The van der Waals surface area contributed by atoms with Crippen LogP contribution in [0.25, 0.3) is 0 Å². The summed E-state index contributed by atoms with van der Waals surface area (Å²) in [5, 5.41) is 15.9. The second-order valence-electron chi connectivity index (χ2n) is 8.41. The van der Waals surface area contributed by atoms with Crippen molar-refractivity contribution in [2.75, 3.05) is 5.32 Å². The molecule has 0 aliphatic heterocycles. The fourth-order valence-electron chi connectivity index (χ4n) is 3.63. The van der Waals surface area contributed by atoms with Crippen molar-refractivity contribution in [1.82, 2.24) is 15.3 Å². The average Bonchev–Trinajstić information content (AvgIpc) is 3.37. The molecule has 6 nitrogen and oxygen atoms in total. The lowest BCUT2D eigenvalue weighted by Crippen LogP contribution is -2.29. The molecule has 1 aromatic carbocycles. The Labute approximate surface area is 179 Å². The Morgan fingerprint density at radius 3 is 2.52 bits per heavy atom. The number of aryl methyl sites for hydroxylation is 1. The summed E-state index contributed by atoms with van der Waals surface area (Å²) in [4.78, 5) is 20.1. The van der Waals surface area contributed by atoms with E-state index in [4.69, 9.17) is 0 Å². The number of nitrogens with zero attached hydrogens (tertiary/aromatic N) is 2. The standard InChI is InChI=1S/C22H27F3N4O2/c1-12-15(6-5-7-17(12)22(23,24)25)13(2)27-20-16(11-26-21(4)8-9-21)18(10-19(30)31)28-14(3)29-20/h5-7,13,26H,8-11H2,1-4H3,(H,30,31)(H,27,28,29). The summed E-state index contributed by atoms with van der Waals surface area (Å²) in [6.45, 7) is 7.33. The van der Waals surface area contributed by atoms with Gasteiger partial charge in [-0.05, 0) is 57.7 Å². The molecule has 1 aliphatic carbocycles. The SMILES string of the molecule is Cc1nc(CC(=O)O)c(CNC2(C)CC2)c(NC(C)c2cccc(C(F)(F)F)c2C)n1. The van der Waals surface area contributed by atoms with Crippen LogP contribution in [-0.4, -0.2) is 26.6 Å². The molecule has 0 saturated heterocycles. The first-order valence-corrected chi connectivity index (χ1v) is 10.2. The Kier molecular flexibility index (Phi) is 6.27. The van der Waals surface area contributed by atoms with Crippen LogP contribution >= 0.6 is 0 Å². The summed E-state index contributed by atoms with van der Waals surface area (Å²) in [5.41, 5.74) is 0.999. The molecule has 1 aromatic heterocycles. The maximum atomic E-state index is 13.3. The van der Waals surface area contributed by atoms with E-state index in [9.17, 15) is 23.1 Å². The van der Waals surface area contributed by atoms with E-state index in [0.29, 0.717) is 35.0 Å². The van der Waals surface area contributed by atoms with Crippen molar-refractivity contribution in [2.24, 2.45) is 0 Å². The third-order valence-corrected chi connectivity index (χ3v) is 5.72. The number of rotatable bonds is 8. The first kappa shape index (κ1) is 23.0. The molecule has 1 fully saturated rings. The topological polar surface area (TPSA) is 87.1 Å². The molecule has 1 saturated carbocycles. The lowest BCUT2D eigenvalue weighted by molar-refractivity contribution is -0.138. The summed E-state index contributed by atoms with van der Waals surface area (Å²) < 4.78 is 40.0. The molecule has 0 amide bonds.